The SMILES string of the molecule is COc1ccc([C@@H]2CNC(=NO[Si](C)(C)C(C)(C)C)[C@H]2NC(=O)OCc2ccccc2)cc1. The van der Waals surface area contributed by atoms with E-state index in [0.29, 0.717) is 12.4 Å². The van der Waals surface area contributed by atoms with Gasteiger partial charge in [0.05, 0.1) is 7.11 Å². The van der Waals surface area contributed by atoms with Crippen molar-refractivity contribution in [3.8, 4) is 5.75 Å². The van der Waals surface area contributed by atoms with Crippen LogP contribution in [0, 0.1) is 0 Å². The number of nitrogens with zero attached hydrogens (tertiary/aromatic N) is 1. The minimum atomic E-state index is -2.10. The van der Waals surface area contributed by atoms with E-state index in [0.717, 1.165) is 16.9 Å². The van der Waals surface area contributed by atoms with Crippen molar-refractivity contribution in [3.05, 3.63) is 65.7 Å². The zero-order valence-corrected chi connectivity index (χ0v) is 21.3. The highest BCUT2D eigenvalue weighted by Crippen LogP contribution is 2.37. The molecule has 8 heteroatoms. The summed E-state index contributed by atoms with van der Waals surface area (Å²) in [5.41, 5.74) is 1.99. The fraction of sp³-hybridized carbons (Fsp3) is 0.440. The summed E-state index contributed by atoms with van der Waals surface area (Å²) in [7, 11) is -0.462. The molecule has 0 bridgehead atoms. The molecule has 0 aliphatic carbocycles. The van der Waals surface area contributed by atoms with E-state index in [9.17, 15) is 4.79 Å². The Labute approximate surface area is 197 Å². The maximum Gasteiger partial charge on any atom is 0.408 e. The Kier molecular flexibility index (Phi) is 7.68. The Morgan fingerprint density at radius 3 is 2.39 bits per heavy atom. The summed E-state index contributed by atoms with van der Waals surface area (Å²) in [6.07, 6.45) is -0.494. The number of carbonyl (C=O) groups is 1. The average molecular weight is 470 g/mol. The van der Waals surface area contributed by atoms with Gasteiger partial charge in [0.1, 0.15) is 18.4 Å². The molecule has 0 saturated carbocycles. The average Bonchev–Trinajstić information content (AvgIpc) is 3.18. The number of nitrogens with one attached hydrogen (secondary N) is 2. The predicted octanol–water partition coefficient (Wildman–Crippen LogP) is 5.01. The molecule has 2 N–H and O–H groups in total. The number of carbonyl (C=O) groups excluding carboxylic acids is 1. The molecular weight excluding hydrogens is 434 g/mol. The Bertz CT molecular complexity index is 956. The van der Waals surface area contributed by atoms with Gasteiger partial charge in [-0.2, -0.15) is 0 Å². The van der Waals surface area contributed by atoms with Crippen molar-refractivity contribution in [1.29, 1.82) is 0 Å². The molecule has 33 heavy (non-hydrogen) atoms. The molecule has 1 amide bonds. The van der Waals surface area contributed by atoms with Crippen molar-refractivity contribution in [2.24, 2.45) is 5.16 Å². The summed E-state index contributed by atoms with van der Waals surface area (Å²) in [5.74, 6) is 1.37. The van der Waals surface area contributed by atoms with Crippen LogP contribution in [0.25, 0.3) is 0 Å². The van der Waals surface area contributed by atoms with Crippen molar-refractivity contribution in [2.75, 3.05) is 13.7 Å². The van der Waals surface area contributed by atoms with Crippen molar-refractivity contribution in [3.63, 3.8) is 0 Å². The lowest BCUT2D eigenvalue weighted by molar-refractivity contribution is 0.137. The Hall–Kier alpha value is -3.00. The summed E-state index contributed by atoms with van der Waals surface area (Å²) in [5, 5.41) is 10.8. The number of rotatable bonds is 7. The van der Waals surface area contributed by atoms with Crippen molar-refractivity contribution in [1.82, 2.24) is 10.6 Å². The van der Waals surface area contributed by atoms with Crippen LogP contribution < -0.4 is 15.4 Å². The maximum absolute atomic E-state index is 12.7. The van der Waals surface area contributed by atoms with E-state index >= 15 is 0 Å². The Balaban J connectivity index is 1.78. The van der Waals surface area contributed by atoms with Gasteiger partial charge in [0.2, 0.25) is 0 Å². The highest BCUT2D eigenvalue weighted by molar-refractivity contribution is 6.74. The van der Waals surface area contributed by atoms with Gasteiger partial charge in [0, 0.05) is 12.5 Å². The van der Waals surface area contributed by atoms with Crippen molar-refractivity contribution in [2.45, 2.75) is 57.5 Å². The molecule has 3 rings (SSSR count). The van der Waals surface area contributed by atoms with E-state index < -0.39 is 20.5 Å². The highest BCUT2D eigenvalue weighted by Gasteiger charge is 2.41. The zero-order valence-electron chi connectivity index (χ0n) is 20.3. The van der Waals surface area contributed by atoms with Crippen LogP contribution in [0.5, 0.6) is 5.75 Å². The van der Waals surface area contributed by atoms with Crippen LogP contribution in [0.15, 0.2) is 59.8 Å². The van der Waals surface area contributed by atoms with Gasteiger partial charge < -0.3 is 24.6 Å². The number of amides is 1. The first-order chi connectivity index (χ1) is 15.6. The van der Waals surface area contributed by atoms with Gasteiger partial charge in [0.15, 0.2) is 5.84 Å². The van der Waals surface area contributed by atoms with Gasteiger partial charge in [-0.3, -0.25) is 0 Å². The first kappa shape index (κ1) is 24.6. The number of ether oxygens (including phenoxy) is 2. The van der Waals surface area contributed by atoms with E-state index in [2.05, 4.69) is 49.7 Å². The number of methoxy groups -OCH3 is 1. The second-order valence-electron chi connectivity index (χ2n) is 9.77. The van der Waals surface area contributed by atoms with Gasteiger partial charge in [-0.15, -0.1) is 0 Å². The second kappa shape index (κ2) is 10.3. The first-order valence-corrected chi connectivity index (χ1v) is 14.1. The molecule has 1 aliphatic rings. The molecule has 2 aromatic carbocycles. The van der Waals surface area contributed by atoms with Crippen LogP contribution in [0.4, 0.5) is 4.79 Å². The number of alkyl carbamates (subject to hydrolysis) is 1. The quantitative estimate of drug-likeness (QED) is 0.440. The lowest BCUT2D eigenvalue weighted by atomic mass is 9.94. The van der Waals surface area contributed by atoms with E-state index in [-0.39, 0.29) is 17.6 Å². The fourth-order valence-electron chi connectivity index (χ4n) is 3.24. The van der Waals surface area contributed by atoms with E-state index in [4.69, 9.17) is 14.0 Å². The molecule has 178 valence electrons. The van der Waals surface area contributed by atoms with E-state index in [1.165, 1.54) is 0 Å². The molecular formula is C25H35N3O4Si. The van der Waals surface area contributed by atoms with Crippen LogP contribution in [0.1, 0.15) is 37.8 Å². The molecule has 0 aromatic heterocycles. The standard InChI is InChI=1S/C25H35N3O4Si/c1-25(2,3)33(5,6)32-28-23-22(27-24(29)31-17-18-10-8-7-9-11-18)21(16-26-23)19-12-14-20(30-4)15-13-19/h7-15,21-22H,16-17H2,1-6H3,(H,26,28)(H,27,29)/t21-,22-/m0/s1. The minimum Gasteiger partial charge on any atom is -0.497 e. The third-order valence-electron chi connectivity index (χ3n) is 6.41. The molecule has 1 heterocycles. The number of hydrogen-bond acceptors (Lipinski definition) is 5. The first-order valence-electron chi connectivity index (χ1n) is 11.2. The molecule has 0 unspecified atom stereocenters. The van der Waals surface area contributed by atoms with Crippen LogP contribution in [-0.4, -0.2) is 39.9 Å². The molecule has 0 spiro atoms. The second-order valence-corrected chi connectivity index (χ2v) is 14.5. The van der Waals surface area contributed by atoms with Crippen molar-refractivity contribution < 1.29 is 18.8 Å². The fourth-order valence-corrected chi connectivity index (χ4v) is 3.84. The normalized spacial score (nSPS) is 19.6. The molecule has 7 nitrogen and oxygen atoms in total. The molecule has 1 fully saturated rings. The summed E-state index contributed by atoms with van der Waals surface area (Å²) < 4.78 is 16.8. The zero-order chi connectivity index (χ0) is 24.1. The Morgan fingerprint density at radius 1 is 1.12 bits per heavy atom. The molecule has 1 aliphatic heterocycles. The molecule has 2 atom stereocenters. The third kappa shape index (κ3) is 6.28. The summed E-state index contributed by atoms with van der Waals surface area (Å²) >= 11 is 0. The topological polar surface area (TPSA) is 81.2 Å². The van der Waals surface area contributed by atoms with E-state index in [1.807, 2.05) is 54.6 Å². The highest BCUT2D eigenvalue weighted by atomic mass is 28.4. The van der Waals surface area contributed by atoms with Gasteiger partial charge >= 0.3 is 6.09 Å². The van der Waals surface area contributed by atoms with Crippen LogP contribution >= 0.6 is 0 Å². The molecule has 2 aromatic rings. The van der Waals surface area contributed by atoms with Gasteiger partial charge in [-0.25, -0.2) is 4.79 Å². The smallest absolute Gasteiger partial charge is 0.408 e. The molecule has 1 saturated heterocycles. The Morgan fingerprint density at radius 2 is 1.79 bits per heavy atom. The minimum absolute atomic E-state index is 0.0165. The molecule has 0 radical (unpaired) electrons. The summed E-state index contributed by atoms with van der Waals surface area (Å²) in [4.78, 5) is 12.7. The lowest BCUT2D eigenvalue weighted by Crippen LogP contribution is -2.45. The number of oxime groups is 1. The number of benzene rings is 2. The lowest BCUT2D eigenvalue weighted by Gasteiger charge is -2.33. The number of amidine groups is 1. The van der Waals surface area contributed by atoms with Crippen molar-refractivity contribution >= 4 is 20.2 Å². The van der Waals surface area contributed by atoms with Gasteiger partial charge in [-0.05, 0) is 41.4 Å². The summed E-state index contributed by atoms with van der Waals surface area (Å²) in [6, 6.07) is 17.1. The third-order valence-corrected chi connectivity index (χ3v) is 10.6. The predicted molar refractivity (Wildman–Crippen MR) is 133 cm³/mol. The van der Waals surface area contributed by atoms with Crippen LogP contribution in [0.2, 0.25) is 18.1 Å². The monoisotopic (exact) mass is 469 g/mol. The van der Waals surface area contributed by atoms with Gasteiger partial charge in [-0.1, -0.05) is 68.4 Å². The van der Waals surface area contributed by atoms with Crippen LogP contribution in [0.3, 0.4) is 0 Å². The summed E-state index contributed by atoms with van der Waals surface area (Å²) in [6.45, 7) is 11.6. The maximum atomic E-state index is 12.7. The van der Waals surface area contributed by atoms with Gasteiger partial charge in [0.25, 0.3) is 8.32 Å². The number of hydrogen-bond donors (Lipinski definition) is 2. The van der Waals surface area contributed by atoms with Crippen LogP contribution in [-0.2, 0) is 15.9 Å². The largest absolute Gasteiger partial charge is 0.497 e. The van der Waals surface area contributed by atoms with E-state index in [1.54, 1.807) is 7.11 Å².